The first kappa shape index (κ1) is 10.0. The van der Waals surface area contributed by atoms with E-state index >= 15 is 0 Å². The maximum absolute atomic E-state index is 11.0. The van der Waals surface area contributed by atoms with Crippen LogP contribution in [0.2, 0.25) is 0 Å². The average Bonchev–Trinajstić information content (AvgIpc) is 2.93. The number of alkyl carbamates (subject to hydrolysis) is 1. The number of ether oxygens (including phenoxy) is 2. The van der Waals surface area contributed by atoms with Gasteiger partial charge in [-0.3, -0.25) is 0 Å². The Balaban J connectivity index is 2.07. The molecule has 0 bridgehead atoms. The Kier molecular flexibility index (Phi) is 2.18. The quantitative estimate of drug-likeness (QED) is 0.831. The molecule has 1 aliphatic rings. The van der Waals surface area contributed by atoms with E-state index in [1.165, 1.54) is 0 Å². The fraction of sp³-hybridized carbons (Fsp3) is 0.250. The lowest BCUT2D eigenvalue weighted by Gasteiger charge is -2.06. The maximum Gasteiger partial charge on any atom is 0.407 e. The highest BCUT2D eigenvalue weighted by atomic mass is 16.6. The van der Waals surface area contributed by atoms with Gasteiger partial charge in [0, 0.05) is 22.7 Å². The fourth-order valence-corrected chi connectivity index (χ4v) is 2.09. The Hall–Kier alpha value is -2.17. The van der Waals surface area contributed by atoms with Crippen molar-refractivity contribution in [1.29, 1.82) is 0 Å². The lowest BCUT2D eigenvalue weighted by Crippen LogP contribution is -2.17. The zero-order valence-electron chi connectivity index (χ0n) is 9.32. The first-order valence-corrected chi connectivity index (χ1v) is 5.36. The highest BCUT2D eigenvalue weighted by molar-refractivity contribution is 5.86. The second-order valence-electron chi connectivity index (χ2n) is 3.95. The molecule has 1 amide bonds. The van der Waals surface area contributed by atoms with E-state index in [0.717, 1.165) is 22.2 Å². The molecule has 1 aromatic heterocycles. The second-order valence-corrected chi connectivity index (χ2v) is 3.95. The molecule has 0 spiro atoms. The van der Waals surface area contributed by atoms with Gasteiger partial charge < -0.3 is 19.8 Å². The van der Waals surface area contributed by atoms with Gasteiger partial charge in [-0.1, -0.05) is 0 Å². The Bertz CT molecular complexity index is 576. The van der Waals surface area contributed by atoms with Crippen molar-refractivity contribution in [2.24, 2.45) is 0 Å². The largest absolute Gasteiger partial charge is 0.497 e. The monoisotopic (exact) mass is 232 g/mol. The highest BCUT2D eigenvalue weighted by Gasteiger charge is 2.25. The highest BCUT2D eigenvalue weighted by Crippen LogP contribution is 2.29. The number of carbonyl (C=O) groups is 1. The number of hydrogen-bond donors (Lipinski definition) is 2. The van der Waals surface area contributed by atoms with E-state index in [-0.39, 0.29) is 12.1 Å². The van der Waals surface area contributed by atoms with Crippen LogP contribution in [0.1, 0.15) is 11.6 Å². The lowest BCUT2D eigenvalue weighted by molar-refractivity contribution is 0.177. The number of nitrogens with one attached hydrogen (secondary N) is 2. The van der Waals surface area contributed by atoms with Gasteiger partial charge in [0.05, 0.1) is 13.2 Å². The Morgan fingerprint density at radius 3 is 3.06 bits per heavy atom. The van der Waals surface area contributed by atoms with Crippen molar-refractivity contribution in [2.45, 2.75) is 6.04 Å². The summed E-state index contributed by atoms with van der Waals surface area (Å²) in [4.78, 5) is 14.2. The van der Waals surface area contributed by atoms with E-state index < -0.39 is 0 Å². The topological polar surface area (TPSA) is 63.4 Å². The lowest BCUT2D eigenvalue weighted by atomic mass is 10.1. The number of rotatable bonds is 2. The van der Waals surface area contributed by atoms with Crippen molar-refractivity contribution >= 4 is 17.0 Å². The SMILES string of the molecule is COc1ccc2[nH]cc([C@H]3COC(=O)N3)c2c1. The number of fused-ring (bicyclic) bond motifs is 1. The predicted molar refractivity (Wildman–Crippen MR) is 62.1 cm³/mol. The first-order valence-electron chi connectivity index (χ1n) is 5.36. The zero-order valence-corrected chi connectivity index (χ0v) is 9.32. The van der Waals surface area contributed by atoms with E-state index in [0.29, 0.717) is 6.61 Å². The minimum Gasteiger partial charge on any atom is -0.497 e. The van der Waals surface area contributed by atoms with Crippen LogP contribution in [-0.4, -0.2) is 24.8 Å². The molecule has 88 valence electrons. The smallest absolute Gasteiger partial charge is 0.407 e. The van der Waals surface area contributed by atoms with Crippen LogP contribution in [0.3, 0.4) is 0 Å². The summed E-state index contributed by atoms with van der Waals surface area (Å²) in [5, 5.41) is 3.81. The Morgan fingerprint density at radius 1 is 1.47 bits per heavy atom. The van der Waals surface area contributed by atoms with Crippen molar-refractivity contribution in [3.05, 3.63) is 30.0 Å². The van der Waals surface area contributed by atoms with Gasteiger partial charge in [-0.25, -0.2) is 4.79 Å². The summed E-state index contributed by atoms with van der Waals surface area (Å²) < 4.78 is 10.1. The molecule has 1 fully saturated rings. The summed E-state index contributed by atoms with van der Waals surface area (Å²) in [6.45, 7) is 0.364. The van der Waals surface area contributed by atoms with Crippen LogP contribution < -0.4 is 10.1 Å². The number of benzene rings is 1. The standard InChI is InChI=1S/C12H12N2O3/c1-16-7-2-3-10-8(4-7)9(5-13-10)11-6-17-12(15)14-11/h2-5,11,13H,6H2,1H3,(H,14,15)/t11-/m1/s1. The van der Waals surface area contributed by atoms with Crippen LogP contribution in [0.15, 0.2) is 24.4 Å². The third kappa shape index (κ3) is 1.60. The minimum absolute atomic E-state index is 0.0941. The number of carbonyl (C=O) groups excluding carboxylic acids is 1. The van der Waals surface area contributed by atoms with Crippen LogP contribution in [-0.2, 0) is 4.74 Å². The van der Waals surface area contributed by atoms with Crippen LogP contribution in [0.4, 0.5) is 4.79 Å². The van der Waals surface area contributed by atoms with Gasteiger partial charge in [0.15, 0.2) is 0 Å². The summed E-state index contributed by atoms with van der Waals surface area (Å²) >= 11 is 0. The third-order valence-corrected chi connectivity index (χ3v) is 2.97. The fourth-order valence-electron chi connectivity index (χ4n) is 2.09. The van der Waals surface area contributed by atoms with E-state index in [1.54, 1.807) is 7.11 Å². The van der Waals surface area contributed by atoms with E-state index in [2.05, 4.69) is 10.3 Å². The molecular weight excluding hydrogens is 220 g/mol. The molecule has 0 radical (unpaired) electrons. The first-order chi connectivity index (χ1) is 8.28. The summed E-state index contributed by atoms with van der Waals surface area (Å²) in [6, 6.07) is 5.70. The molecule has 2 N–H and O–H groups in total. The van der Waals surface area contributed by atoms with Gasteiger partial charge in [0.25, 0.3) is 0 Å². The van der Waals surface area contributed by atoms with Crippen molar-refractivity contribution in [3.63, 3.8) is 0 Å². The van der Waals surface area contributed by atoms with Gasteiger partial charge in [0.1, 0.15) is 12.4 Å². The van der Waals surface area contributed by atoms with Crippen molar-refractivity contribution in [3.8, 4) is 5.75 Å². The molecule has 1 aromatic carbocycles. The van der Waals surface area contributed by atoms with Crippen molar-refractivity contribution in [2.75, 3.05) is 13.7 Å². The molecule has 0 unspecified atom stereocenters. The third-order valence-electron chi connectivity index (χ3n) is 2.97. The van der Waals surface area contributed by atoms with Crippen LogP contribution in [0, 0.1) is 0 Å². The molecular formula is C12H12N2O3. The van der Waals surface area contributed by atoms with Gasteiger partial charge >= 0.3 is 6.09 Å². The molecule has 0 aliphatic carbocycles. The number of methoxy groups -OCH3 is 1. The molecule has 5 heteroatoms. The van der Waals surface area contributed by atoms with Gasteiger partial charge in [-0.2, -0.15) is 0 Å². The normalized spacial score (nSPS) is 19.1. The van der Waals surface area contributed by atoms with E-state index in [9.17, 15) is 4.79 Å². The summed E-state index contributed by atoms with van der Waals surface area (Å²) in [6.07, 6.45) is 1.52. The molecule has 0 saturated carbocycles. The number of aromatic amines is 1. The Labute approximate surface area is 97.7 Å². The molecule has 2 heterocycles. The maximum atomic E-state index is 11.0. The minimum atomic E-state index is -0.368. The van der Waals surface area contributed by atoms with Crippen molar-refractivity contribution < 1.29 is 14.3 Å². The number of amides is 1. The van der Waals surface area contributed by atoms with Crippen LogP contribution >= 0.6 is 0 Å². The number of aromatic nitrogens is 1. The van der Waals surface area contributed by atoms with Gasteiger partial charge in [-0.15, -0.1) is 0 Å². The summed E-state index contributed by atoms with van der Waals surface area (Å²) in [5.74, 6) is 0.795. The van der Waals surface area contributed by atoms with Crippen LogP contribution in [0.5, 0.6) is 5.75 Å². The van der Waals surface area contributed by atoms with Gasteiger partial charge in [-0.05, 0) is 18.2 Å². The molecule has 5 nitrogen and oxygen atoms in total. The van der Waals surface area contributed by atoms with Gasteiger partial charge in [0.2, 0.25) is 0 Å². The molecule has 1 saturated heterocycles. The molecule has 1 aliphatic heterocycles. The zero-order chi connectivity index (χ0) is 11.8. The Morgan fingerprint density at radius 2 is 2.35 bits per heavy atom. The molecule has 1 atom stereocenters. The summed E-state index contributed by atoms with van der Waals surface area (Å²) in [7, 11) is 1.63. The average molecular weight is 232 g/mol. The number of H-pyrrole nitrogens is 1. The summed E-state index contributed by atoms with van der Waals surface area (Å²) in [5.41, 5.74) is 2.03. The predicted octanol–water partition coefficient (Wildman–Crippen LogP) is 1.96. The molecule has 3 rings (SSSR count). The van der Waals surface area contributed by atoms with E-state index in [4.69, 9.17) is 9.47 Å². The molecule has 2 aromatic rings. The number of cyclic esters (lactones) is 1. The molecule has 17 heavy (non-hydrogen) atoms. The second kappa shape index (κ2) is 3.69. The van der Waals surface area contributed by atoms with Crippen molar-refractivity contribution in [1.82, 2.24) is 10.3 Å². The number of hydrogen-bond acceptors (Lipinski definition) is 3. The van der Waals surface area contributed by atoms with E-state index in [1.807, 2.05) is 24.4 Å². The van der Waals surface area contributed by atoms with Crippen LogP contribution in [0.25, 0.3) is 10.9 Å².